The fraction of sp³-hybridized carbons (Fsp3) is 0.478. The maximum Gasteiger partial charge on any atom is 0.285 e. The maximum absolute atomic E-state index is 14.5. The molecule has 0 unspecified atom stereocenters. The van der Waals surface area contributed by atoms with Crippen LogP contribution in [-0.2, 0) is 6.54 Å². The Hall–Kier alpha value is -3.08. The number of aryl methyl sites for hydroxylation is 1. The molecule has 0 spiro atoms. The molecule has 4 heterocycles. The lowest BCUT2D eigenvalue weighted by atomic mass is 9.81. The molecule has 186 valence electrons. The third-order valence-corrected chi connectivity index (χ3v) is 6.96. The van der Waals surface area contributed by atoms with Crippen molar-refractivity contribution < 1.29 is 17.9 Å². The first-order valence-corrected chi connectivity index (χ1v) is 11.7. The highest BCUT2D eigenvalue weighted by atomic mass is 35.5. The molecule has 8 nitrogen and oxygen atoms in total. The normalized spacial score (nSPS) is 19.7. The van der Waals surface area contributed by atoms with Crippen molar-refractivity contribution in [1.29, 1.82) is 0 Å². The lowest BCUT2D eigenvalue weighted by molar-refractivity contribution is -0.114. The molecule has 12 heteroatoms. The molecule has 3 aromatic heterocycles. The summed E-state index contributed by atoms with van der Waals surface area (Å²) in [6, 6.07) is 2.97. The number of ether oxygens (including phenoxy) is 1. The topological polar surface area (TPSA) is 88.9 Å². The Morgan fingerprint density at radius 2 is 2.06 bits per heavy atom. The molecule has 2 fully saturated rings. The first-order chi connectivity index (χ1) is 16.6. The number of aromatic amines is 1. The lowest BCUT2D eigenvalue weighted by Gasteiger charge is -2.34. The minimum absolute atomic E-state index is 0.0559. The molecule has 1 aliphatic heterocycles. The maximum atomic E-state index is 14.5. The largest absolute Gasteiger partial charge is 0.472 e. The van der Waals surface area contributed by atoms with Gasteiger partial charge in [-0.05, 0) is 25.3 Å². The van der Waals surface area contributed by atoms with Crippen LogP contribution in [0.5, 0.6) is 5.88 Å². The van der Waals surface area contributed by atoms with Gasteiger partial charge in [0.25, 0.3) is 5.56 Å². The number of nitrogens with one attached hydrogen (secondary N) is 1. The highest BCUT2D eigenvalue weighted by Crippen LogP contribution is 2.43. The quantitative estimate of drug-likeness (QED) is 0.503. The predicted molar refractivity (Wildman–Crippen MR) is 124 cm³/mol. The van der Waals surface area contributed by atoms with Crippen LogP contribution in [0, 0.1) is 25.7 Å². The molecule has 1 saturated carbocycles. The molecule has 1 atom stereocenters. The van der Waals surface area contributed by atoms with E-state index in [1.54, 1.807) is 17.7 Å². The molecule has 1 aliphatic carbocycles. The Bertz CT molecular complexity index is 1320. The Morgan fingerprint density at radius 1 is 1.29 bits per heavy atom. The fourth-order valence-electron chi connectivity index (χ4n) is 4.94. The van der Waals surface area contributed by atoms with Crippen molar-refractivity contribution in [3.63, 3.8) is 0 Å². The highest BCUT2D eigenvalue weighted by Gasteiger charge is 2.45. The summed E-state index contributed by atoms with van der Waals surface area (Å²) in [4.78, 5) is 17.5. The van der Waals surface area contributed by atoms with Crippen molar-refractivity contribution in [1.82, 2.24) is 25.0 Å². The number of pyridine rings is 1. The van der Waals surface area contributed by atoms with Gasteiger partial charge in [0.2, 0.25) is 17.8 Å². The van der Waals surface area contributed by atoms with Gasteiger partial charge in [0, 0.05) is 55.7 Å². The van der Waals surface area contributed by atoms with Crippen molar-refractivity contribution in [3.05, 3.63) is 51.0 Å². The van der Waals surface area contributed by atoms with E-state index in [1.807, 2.05) is 11.8 Å². The highest BCUT2D eigenvalue weighted by molar-refractivity contribution is 6.33. The molecular weight excluding hydrogens is 485 g/mol. The molecule has 1 saturated heterocycles. The summed E-state index contributed by atoms with van der Waals surface area (Å²) >= 11 is 6.11. The van der Waals surface area contributed by atoms with E-state index in [-0.39, 0.29) is 35.8 Å². The third kappa shape index (κ3) is 4.73. The van der Waals surface area contributed by atoms with E-state index in [0.29, 0.717) is 43.0 Å². The smallest absolute Gasteiger partial charge is 0.285 e. The van der Waals surface area contributed by atoms with Crippen molar-refractivity contribution >= 4 is 17.3 Å². The molecular formula is C23H24ClF3N6O2. The van der Waals surface area contributed by atoms with Crippen LogP contribution >= 0.6 is 11.6 Å². The van der Waals surface area contributed by atoms with E-state index < -0.39 is 17.4 Å². The number of rotatable bonds is 6. The van der Waals surface area contributed by atoms with Crippen molar-refractivity contribution in [2.75, 3.05) is 18.0 Å². The van der Waals surface area contributed by atoms with Gasteiger partial charge in [-0.15, -0.1) is 0 Å². The van der Waals surface area contributed by atoms with Gasteiger partial charge in [0.05, 0.1) is 24.1 Å². The van der Waals surface area contributed by atoms with Crippen LogP contribution in [0.1, 0.15) is 30.7 Å². The fourth-order valence-corrected chi connectivity index (χ4v) is 5.15. The molecule has 0 aromatic carbocycles. The number of aromatic nitrogens is 5. The molecule has 0 radical (unpaired) electrons. The number of halogens is 4. The van der Waals surface area contributed by atoms with E-state index >= 15 is 0 Å². The molecule has 2 aliphatic rings. The third-order valence-electron chi connectivity index (χ3n) is 6.60. The van der Waals surface area contributed by atoms with Crippen LogP contribution < -0.4 is 15.2 Å². The Morgan fingerprint density at radius 3 is 2.80 bits per heavy atom. The van der Waals surface area contributed by atoms with Crippen molar-refractivity contribution in [2.24, 2.45) is 5.92 Å². The van der Waals surface area contributed by atoms with Gasteiger partial charge in [-0.3, -0.25) is 9.48 Å². The average Bonchev–Trinajstić information content (AvgIpc) is 3.32. The van der Waals surface area contributed by atoms with Gasteiger partial charge >= 0.3 is 0 Å². The van der Waals surface area contributed by atoms with Gasteiger partial charge in [-0.25, -0.2) is 13.9 Å². The van der Waals surface area contributed by atoms with Crippen LogP contribution in [0.4, 0.5) is 18.9 Å². The van der Waals surface area contributed by atoms with Crippen molar-refractivity contribution in [2.45, 2.75) is 51.7 Å². The number of nitrogens with zero attached hydrogens (tertiary/aromatic N) is 5. The lowest BCUT2D eigenvalue weighted by Crippen LogP contribution is -2.38. The van der Waals surface area contributed by atoms with E-state index in [0.717, 1.165) is 11.3 Å². The van der Waals surface area contributed by atoms with E-state index in [2.05, 4.69) is 20.3 Å². The molecule has 5 rings (SSSR count). The van der Waals surface area contributed by atoms with E-state index in [4.69, 9.17) is 16.3 Å². The summed E-state index contributed by atoms with van der Waals surface area (Å²) in [5, 5.41) is 10.7. The van der Waals surface area contributed by atoms with Crippen molar-refractivity contribution in [3.8, 4) is 17.0 Å². The minimum Gasteiger partial charge on any atom is -0.472 e. The molecule has 0 bridgehead atoms. The number of alkyl halides is 2. The summed E-state index contributed by atoms with van der Waals surface area (Å²) in [6.45, 7) is 5.07. The number of H-pyrrole nitrogens is 1. The summed E-state index contributed by atoms with van der Waals surface area (Å²) in [5.74, 6) is -3.28. The van der Waals surface area contributed by atoms with Gasteiger partial charge < -0.3 is 9.64 Å². The number of hydrogen-bond donors (Lipinski definition) is 1. The van der Waals surface area contributed by atoms with E-state index in [9.17, 15) is 18.0 Å². The monoisotopic (exact) mass is 508 g/mol. The SMILES string of the molecule is Cc1nn(CC2CC(F)(F)C2)c(C)c1-c1cc(F)nc(O[C@@H]2CCN(c3cn[nH]c(=O)c3Cl)C2)c1. The Balaban J connectivity index is 1.33. The molecule has 3 aromatic rings. The number of hydrogen-bond acceptors (Lipinski definition) is 6. The summed E-state index contributed by atoms with van der Waals surface area (Å²) in [6.07, 6.45) is 1.54. The van der Waals surface area contributed by atoms with Gasteiger partial charge in [-0.1, -0.05) is 11.6 Å². The van der Waals surface area contributed by atoms with Gasteiger partial charge in [0.1, 0.15) is 11.1 Å². The summed E-state index contributed by atoms with van der Waals surface area (Å²) in [7, 11) is 0. The first-order valence-electron chi connectivity index (χ1n) is 11.3. The van der Waals surface area contributed by atoms with Crippen LogP contribution in [0.2, 0.25) is 5.02 Å². The molecule has 0 amide bonds. The zero-order chi connectivity index (χ0) is 24.9. The van der Waals surface area contributed by atoms with Gasteiger partial charge in [0.15, 0.2) is 0 Å². The first kappa shape index (κ1) is 23.7. The minimum atomic E-state index is -2.59. The predicted octanol–water partition coefficient (Wildman–Crippen LogP) is 4.14. The van der Waals surface area contributed by atoms with Crippen LogP contribution in [-0.4, -0.2) is 50.1 Å². The second-order valence-electron chi connectivity index (χ2n) is 9.25. The van der Waals surface area contributed by atoms with E-state index in [1.165, 1.54) is 12.3 Å². The second-order valence-corrected chi connectivity index (χ2v) is 9.63. The second kappa shape index (κ2) is 8.85. The van der Waals surface area contributed by atoms with Crippen LogP contribution in [0.25, 0.3) is 11.1 Å². The number of anilines is 1. The molecule has 1 N–H and O–H groups in total. The zero-order valence-electron chi connectivity index (χ0n) is 19.2. The van der Waals surface area contributed by atoms with Crippen LogP contribution in [0.3, 0.4) is 0 Å². The van der Waals surface area contributed by atoms with Crippen LogP contribution in [0.15, 0.2) is 23.1 Å². The summed E-state index contributed by atoms with van der Waals surface area (Å²) in [5.41, 5.74) is 2.78. The summed E-state index contributed by atoms with van der Waals surface area (Å²) < 4.78 is 48.7. The molecule has 35 heavy (non-hydrogen) atoms. The zero-order valence-corrected chi connectivity index (χ0v) is 19.9. The Labute approximate surface area is 204 Å². The Kier molecular flexibility index (Phi) is 5.98. The standard InChI is InChI=1S/C23H24ClF3N6O2/c1-12-20(13(2)33(31-12)10-14-7-23(26,27)8-14)15-5-18(25)29-19(6-15)35-16-3-4-32(11-16)17-9-28-30-22(34)21(17)24/h5-6,9,14,16H,3-4,7-8,10-11H2,1-2H3,(H,30,34)/t16-/m1/s1. The average molecular weight is 509 g/mol. The van der Waals surface area contributed by atoms with Gasteiger partial charge in [-0.2, -0.15) is 19.6 Å².